The third-order valence-corrected chi connectivity index (χ3v) is 5.85. The molecule has 106 valence electrons. The third-order valence-electron chi connectivity index (χ3n) is 4.65. The van der Waals surface area contributed by atoms with Crippen molar-refractivity contribution in [1.82, 2.24) is 9.97 Å². The maximum atomic E-state index is 4.67. The van der Waals surface area contributed by atoms with Gasteiger partial charge < -0.3 is 4.90 Å². The number of hydrogen-bond donors (Lipinski definition) is 0. The lowest BCUT2D eigenvalue weighted by atomic mass is 9.92. The van der Waals surface area contributed by atoms with Gasteiger partial charge in [-0.1, -0.05) is 13.8 Å². The van der Waals surface area contributed by atoms with E-state index in [4.69, 9.17) is 0 Å². The van der Waals surface area contributed by atoms with E-state index >= 15 is 0 Å². The Hall–Kier alpha value is -1.16. The van der Waals surface area contributed by atoms with Crippen LogP contribution in [0.25, 0.3) is 10.2 Å². The molecule has 0 saturated carbocycles. The summed E-state index contributed by atoms with van der Waals surface area (Å²) in [5, 5.41) is 1.37. The molecule has 1 aliphatic carbocycles. The molecule has 0 unspecified atom stereocenters. The summed E-state index contributed by atoms with van der Waals surface area (Å²) in [4.78, 5) is 14.5. The van der Waals surface area contributed by atoms with Crippen LogP contribution >= 0.6 is 11.3 Å². The monoisotopic (exact) mass is 287 g/mol. The second-order valence-corrected chi connectivity index (χ2v) is 7.67. The predicted octanol–water partition coefficient (Wildman–Crippen LogP) is 3.66. The Balaban J connectivity index is 1.83. The maximum Gasteiger partial charge on any atom is 0.141 e. The van der Waals surface area contributed by atoms with Crippen LogP contribution in [0.2, 0.25) is 0 Å². The molecule has 2 atom stereocenters. The average molecular weight is 287 g/mol. The fraction of sp³-hybridized carbons (Fsp3) is 0.625. The molecular weight excluding hydrogens is 266 g/mol. The van der Waals surface area contributed by atoms with E-state index in [1.165, 1.54) is 41.7 Å². The van der Waals surface area contributed by atoms with Crippen LogP contribution in [0.15, 0.2) is 6.33 Å². The Morgan fingerprint density at radius 3 is 2.75 bits per heavy atom. The van der Waals surface area contributed by atoms with Gasteiger partial charge in [0.1, 0.15) is 17.0 Å². The fourth-order valence-corrected chi connectivity index (χ4v) is 5.21. The Morgan fingerprint density at radius 2 is 1.95 bits per heavy atom. The van der Waals surface area contributed by atoms with Gasteiger partial charge in [0, 0.05) is 18.0 Å². The minimum absolute atomic E-state index is 0.760. The van der Waals surface area contributed by atoms with E-state index in [1.807, 2.05) is 11.3 Å². The molecular formula is C16H21N3S. The molecule has 4 rings (SSSR count). The molecule has 3 nitrogen and oxygen atoms in total. The highest BCUT2D eigenvalue weighted by molar-refractivity contribution is 7.19. The zero-order valence-corrected chi connectivity index (χ0v) is 13.0. The van der Waals surface area contributed by atoms with Gasteiger partial charge in [0.25, 0.3) is 0 Å². The largest absolute Gasteiger partial charge is 0.355 e. The van der Waals surface area contributed by atoms with Crippen molar-refractivity contribution in [1.29, 1.82) is 0 Å². The van der Waals surface area contributed by atoms with Gasteiger partial charge in [-0.3, -0.25) is 0 Å². The number of aryl methyl sites for hydroxylation is 2. The molecule has 2 aliphatic rings. The molecule has 0 spiro atoms. The number of anilines is 1. The summed E-state index contributed by atoms with van der Waals surface area (Å²) < 4.78 is 0. The van der Waals surface area contributed by atoms with E-state index in [9.17, 15) is 0 Å². The Labute approximate surface area is 124 Å². The highest BCUT2D eigenvalue weighted by atomic mass is 32.1. The third kappa shape index (κ3) is 1.93. The number of thiophene rings is 1. The van der Waals surface area contributed by atoms with Crippen molar-refractivity contribution >= 4 is 27.4 Å². The second kappa shape index (κ2) is 4.69. The van der Waals surface area contributed by atoms with E-state index in [1.54, 1.807) is 16.8 Å². The van der Waals surface area contributed by atoms with Crippen molar-refractivity contribution in [2.24, 2.45) is 11.8 Å². The van der Waals surface area contributed by atoms with Crippen LogP contribution in [0.4, 0.5) is 5.82 Å². The molecule has 0 amide bonds. The lowest BCUT2D eigenvalue weighted by Crippen LogP contribution is -2.39. The van der Waals surface area contributed by atoms with Gasteiger partial charge in [0.05, 0.1) is 5.39 Å². The summed E-state index contributed by atoms with van der Waals surface area (Å²) in [6, 6.07) is 0. The summed E-state index contributed by atoms with van der Waals surface area (Å²) >= 11 is 1.89. The summed E-state index contributed by atoms with van der Waals surface area (Å²) in [5.74, 6) is 2.72. The molecule has 1 fully saturated rings. The van der Waals surface area contributed by atoms with Crippen molar-refractivity contribution in [2.45, 2.75) is 39.5 Å². The summed E-state index contributed by atoms with van der Waals surface area (Å²) in [6.45, 7) is 7.00. The molecule has 0 radical (unpaired) electrons. The first-order valence-corrected chi connectivity index (χ1v) is 8.54. The first-order chi connectivity index (χ1) is 9.72. The summed E-state index contributed by atoms with van der Waals surface area (Å²) in [6.07, 6.45) is 6.86. The highest BCUT2D eigenvalue weighted by Gasteiger charge is 2.27. The normalized spacial score (nSPS) is 26.2. The number of rotatable bonds is 1. The standard InChI is InChI=1S/C16H21N3S/c1-10-6-11(2)8-19(7-10)15-14-12-4-3-5-13(12)20-16(14)18-9-17-15/h9-11H,3-8H2,1-2H3/t10-,11+. The number of hydrogen-bond acceptors (Lipinski definition) is 4. The fourth-order valence-electron chi connectivity index (χ4n) is 3.99. The predicted molar refractivity (Wildman–Crippen MR) is 84.6 cm³/mol. The van der Waals surface area contributed by atoms with Crippen LogP contribution in [-0.2, 0) is 12.8 Å². The van der Waals surface area contributed by atoms with Crippen molar-refractivity contribution < 1.29 is 0 Å². The van der Waals surface area contributed by atoms with Gasteiger partial charge in [-0.15, -0.1) is 11.3 Å². The molecule has 2 aromatic rings. The van der Waals surface area contributed by atoms with Gasteiger partial charge in [0.15, 0.2) is 0 Å². The van der Waals surface area contributed by atoms with Crippen LogP contribution in [0, 0.1) is 11.8 Å². The maximum absolute atomic E-state index is 4.67. The average Bonchev–Trinajstić information content (AvgIpc) is 2.96. The van der Waals surface area contributed by atoms with Gasteiger partial charge in [-0.05, 0) is 43.1 Å². The van der Waals surface area contributed by atoms with E-state index in [0.29, 0.717) is 0 Å². The molecule has 0 bridgehead atoms. The van der Waals surface area contributed by atoms with E-state index in [2.05, 4.69) is 28.7 Å². The van der Waals surface area contributed by atoms with Crippen molar-refractivity contribution in [3.05, 3.63) is 16.8 Å². The van der Waals surface area contributed by atoms with Crippen molar-refractivity contribution in [3.63, 3.8) is 0 Å². The highest BCUT2D eigenvalue weighted by Crippen LogP contribution is 2.41. The van der Waals surface area contributed by atoms with Crippen LogP contribution in [0.5, 0.6) is 0 Å². The van der Waals surface area contributed by atoms with Crippen molar-refractivity contribution in [2.75, 3.05) is 18.0 Å². The molecule has 1 saturated heterocycles. The SMILES string of the molecule is C[C@@H]1C[C@H](C)CN(c2ncnc3sc4c(c23)CCC4)C1. The molecule has 0 aromatic carbocycles. The van der Waals surface area contributed by atoms with Gasteiger partial charge in [0.2, 0.25) is 0 Å². The zero-order chi connectivity index (χ0) is 13.7. The number of aromatic nitrogens is 2. The van der Waals surface area contributed by atoms with E-state index in [-0.39, 0.29) is 0 Å². The molecule has 2 aromatic heterocycles. The Bertz CT molecular complexity index is 638. The molecule has 0 N–H and O–H groups in total. The lowest BCUT2D eigenvalue weighted by molar-refractivity contribution is 0.356. The topological polar surface area (TPSA) is 29.0 Å². The molecule has 20 heavy (non-hydrogen) atoms. The van der Waals surface area contributed by atoms with Gasteiger partial charge in [-0.2, -0.15) is 0 Å². The number of piperidine rings is 1. The molecule has 4 heteroatoms. The lowest BCUT2D eigenvalue weighted by Gasteiger charge is -2.36. The first-order valence-electron chi connectivity index (χ1n) is 7.72. The molecule has 3 heterocycles. The Kier molecular flexibility index (Phi) is 2.95. The second-order valence-electron chi connectivity index (χ2n) is 6.59. The Morgan fingerprint density at radius 1 is 1.15 bits per heavy atom. The molecule has 1 aliphatic heterocycles. The van der Waals surface area contributed by atoms with Crippen LogP contribution in [0.1, 0.15) is 37.1 Å². The number of fused-ring (bicyclic) bond motifs is 3. The quantitative estimate of drug-likeness (QED) is 0.801. The van der Waals surface area contributed by atoms with E-state index < -0.39 is 0 Å². The number of nitrogens with zero attached hydrogens (tertiary/aromatic N) is 3. The minimum Gasteiger partial charge on any atom is -0.355 e. The van der Waals surface area contributed by atoms with Crippen molar-refractivity contribution in [3.8, 4) is 0 Å². The summed E-state index contributed by atoms with van der Waals surface area (Å²) in [5.41, 5.74) is 1.55. The van der Waals surface area contributed by atoms with E-state index in [0.717, 1.165) is 24.9 Å². The van der Waals surface area contributed by atoms with Crippen LogP contribution in [0.3, 0.4) is 0 Å². The van der Waals surface area contributed by atoms with Crippen LogP contribution in [-0.4, -0.2) is 23.1 Å². The minimum atomic E-state index is 0.760. The van der Waals surface area contributed by atoms with Gasteiger partial charge >= 0.3 is 0 Å². The zero-order valence-electron chi connectivity index (χ0n) is 12.2. The smallest absolute Gasteiger partial charge is 0.141 e. The van der Waals surface area contributed by atoms with Crippen LogP contribution < -0.4 is 4.90 Å². The van der Waals surface area contributed by atoms with Gasteiger partial charge in [-0.25, -0.2) is 9.97 Å². The first kappa shape index (κ1) is 12.6. The summed E-state index contributed by atoms with van der Waals surface area (Å²) in [7, 11) is 0.